The van der Waals surface area contributed by atoms with Crippen LogP contribution in [0.25, 0.3) is 10.7 Å². The van der Waals surface area contributed by atoms with E-state index in [1.165, 1.54) is 16.0 Å². The molecule has 0 aliphatic rings. The Labute approximate surface area is 113 Å². The summed E-state index contributed by atoms with van der Waals surface area (Å²) in [5.74, 6) is 5.31. The van der Waals surface area contributed by atoms with Crippen LogP contribution >= 0.6 is 39.0 Å². The quantitative estimate of drug-likeness (QED) is 0.652. The number of carboxylic acid groups (broad SMARTS) is 1. The van der Waals surface area contributed by atoms with Crippen molar-refractivity contribution >= 4 is 45.0 Å². The van der Waals surface area contributed by atoms with Gasteiger partial charge in [0.15, 0.2) is 5.82 Å². The van der Waals surface area contributed by atoms with E-state index in [0.29, 0.717) is 11.0 Å². The van der Waals surface area contributed by atoms with Gasteiger partial charge in [0, 0.05) is 4.47 Å². The van der Waals surface area contributed by atoms with Crippen molar-refractivity contribution in [3.8, 4) is 10.7 Å². The number of thiophene rings is 1. The molecule has 0 aliphatic heterocycles. The third-order valence-electron chi connectivity index (χ3n) is 1.81. The molecule has 0 spiro atoms. The molecule has 0 aromatic carbocycles. The Bertz CT molecular complexity index is 553. The van der Waals surface area contributed by atoms with Gasteiger partial charge in [-0.1, -0.05) is 11.8 Å². The predicted molar refractivity (Wildman–Crippen MR) is 69.5 cm³/mol. The number of aliphatic carboxylic acids is 1. The number of halogens is 1. The van der Waals surface area contributed by atoms with Crippen molar-refractivity contribution in [2.24, 2.45) is 0 Å². The SMILES string of the molecule is Nn1c(SCC(=O)O)nnc1-c1sccc1Br. The molecule has 0 saturated heterocycles. The number of carbonyl (C=O) groups is 1. The lowest BCUT2D eigenvalue weighted by molar-refractivity contribution is -0.133. The molecular formula is C8H7BrN4O2S2. The normalized spacial score (nSPS) is 10.6. The molecule has 0 amide bonds. The van der Waals surface area contributed by atoms with Gasteiger partial charge in [-0.25, -0.2) is 4.68 Å². The molecule has 0 aliphatic carbocycles. The standard InChI is InChI=1S/C8H7BrN4O2S2/c9-4-1-2-16-6(4)7-11-12-8(13(7)10)17-3-5(14)15/h1-2H,3,10H2,(H,14,15). The van der Waals surface area contributed by atoms with E-state index in [1.54, 1.807) is 0 Å². The first-order chi connectivity index (χ1) is 8.09. The Balaban J connectivity index is 2.27. The van der Waals surface area contributed by atoms with Gasteiger partial charge in [-0.3, -0.25) is 4.79 Å². The monoisotopic (exact) mass is 334 g/mol. The average molecular weight is 335 g/mol. The number of aromatic nitrogens is 3. The van der Waals surface area contributed by atoms with E-state index in [2.05, 4.69) is 26.1 Å². The minimum absolute atomic E-state index is 0.0963. The largest absolute Gasteiger partial charge is 0.481 e. The molecule has 90 valence electrons. The molecule has 6 nitrogen and oxygen atoms in total. The van der Waals surface area contributed by atoms with Gasteiger partial charge in [-0.15, -0.1) is 21.5 Å². The highest BCUT2D eigenvalue weighted by molar-refractivity contribution is 9.10. The van der Waals surface area contributed by atoms with Crippen molar-refractivity contribution in [1.82, 2.24) is 14.9 Å². The van der Waals surface area contributed by atoms with Gasteiger partial charge >= 0.3 is 5.97 Å². The fourth-order valence-corrected chi connectivity index (χ4v) is 3.22. The van der Waals surface area contributed by atoms with Crippen molar-refractivity contribution in [2.45, 2.75) is 5.16 Å². The number of thioether (sulfide) groups is 1. The van der Waals surface area contributed by atoms with E-state index in [0.717, 1.165) is 21.1 Å². The summed E-state index contributed by atoms with van der Waals surface area (Å²) in [4.78, 5) is 11.3. The summed E-state index contributed by atoms with van der Waals surface area (Å²) in [5.41, 5.74) is 0. The summed E-state index contributed by atoms with van der Waals surface area (Å²) in [6, 6.07) is 1.89. The molecule has 2 aromatic heterocycles. The van der Waals surface area contributed by atoms with Crippen LogP contribution in [0.2, 0.25) is 0 Å². The summed E-state index contributed by atoms with van der Waals surface area (Å²) < 4.78 is 2.18. The van der Waals surface area contributed by atoms with Gasteiger partial charge in [0.2, 0.25) is 5.16 Å². The molecule has 0 radical (unpaired) electrons. The number of rotatable bonds is 4. The molecule has 2 aromatic rings. The number of hydrogen-bond acceptors (Lipinski definition) is 6. The molecule has 3 N–H and O–H groups in total. The van der Waals surface area contributed by atoms with Gasteiger partial charge in [0.25, 0.3) is 0 Å². The van der Waals surface area contributed by atoms with E-state index in [9.17, 15) is 4.79 Å². The maximum atomic E-state index is 10.4. The highest BCUT2D eigenvalue weighted by Gasteiger charge is 2.16. The topological polar surface area (TPSA) is 94.0 Å². The van der Waals surface area contributed by atoms with Crippen LogP contribution in [-0.2, 0) is 4.79 Å². The number of nitrogens with two attached hydrogens (primary N) is 1. The number of hydrogen-bond donors (Lipinski definition) is 2. The first-order valence-corrected chi connectivity index (χ1v) is 7.04. The zero-order chi connectivity index (χ0) is 12.4. The summed E-state index contributed by atoms with van der Waals surface area (Å²) in [7, 11) is 0. The van der Waals surface area contributed by atoms with Gasteiger partial charge in [0.05, 0.1) is 10.6 Å². The van der Waals surface area contributed by atoms with Crippen molar-refractivity contribution in [2.75, 3.05) is 11.6 Å². The molecule has 9 heteroatoms. The lowest BCUT2D eigenvalue weighted by Gasteiger charge is -2.01. The summed E-state index contributed by atoms with van der Waals surface area (Å²) in [6.45, 7) is 0. The Morgan fingerprint density at radius 3 is 3.00 bits per heavy atom. The van der Waals surface area contributed by atoms with Crippen LogP contribution in [0.3, 0.4) is 0 Å². The van der Waals surface area contributed by atoms with Crippen LogP contribution in [0, 0.1) is 0 Å². The van der Waals surface area contributed by atoms with Gasteiger partial charge in [0.1, 0.15) is 0 Å². The van der Waals surface area contributed by atoms with Gasteiger partial charge in [-0.2, -0.15) is 0 Å². The number of carboxylic acids is 1. The molecule has 0 fully saturated rings. The molecular weight excluding hydrogens is 328 g/mol. The zero-order valence-electron chi connectivity index (χ0n) is 8.33. The van der Waals surface area contributed by atoms with E-state index in [1.807, 2.05) is 11.4 Å². The lowest BCUT2D eigenvalue weighted by atomic mass is 10.4. The maximum Gasteiger partial charge on any atom is 0.313 e. The Kier molecular flexibility index (Phi) is 3.69. The van der Waals surface area contributed by atoms with Gasteiger partial charge < -0.3 is 10.9 Å². The van der Waals surface area contributed by atoms with Crippen LogP contribution in [-0.4, -0.2) is 31.7 Å². The first-order valence-electron chi connectivity index (χ1n) is 4.38. The van der Waals surface area contributed by atoms with Crippen molar-refractivity contribution in [3.05, 3.63) is 15.9 Å². The van der Waals surface area contributed by atoms with Crippen LogP contribution < -0.4 is 5.84 Å². The van der Waals surface area contributed by atoms with Gasteiger partial charge in [-0.05, 0) is 27.4 Å². The molecule has 0 atom stereocenters. The second kappa shape index (κ2) is 5.07. The fourth-order valence-electron chi connectivity index (χ4n) is 1.11. The van der Waals surface area contributed by atoms with Crippen LogP contribution in [0.4, 0.5) is 0 Å². The molecule has 0 bridgehead atoms. The molecule has 2 rings (SSSR count). The minimum Gasteiger partial charge on any atom is -0.481 e. The Morgan fingerprint density at radius 1 is 1.65 bits per heavy atom. The zero-order valence-corrected chi connectivity index (χ0v) is 11.5. The molecule has 2 heterocycles. The summed E-state index contributed by atoms with van der Waals surface area (Å²) >= 11 is 5.89. The second-order valence-corrected chi connectivity index (χ2v) is 5.67. The van der Waals surface area contributed by atoms with E-state index in [4.69, 9.17) is 10.9 Å². The molecule has 0 saturated carbocycles. The molecule has 0 unspecified atom stereocenters. The highest BCUT2D eigenvalue weighted by Crippen LogP contribution is 2.32. The van der Waals surface area contributed by atoms with Crippen molar-refractivity contribution in [1.29, 1.82) is 0 Å². The van der Waals surface area contributed by atoms with Crippen molar-refractivity contribution < 1.29 is 9.90 Å². The summed E-state index contributed by atoms with van der Waals surface area (Å²) in [5, 5.41) is 18.7. The maximum absolute atomic E-state index is 10.4. The van der Waals surface area contributed by atoms with Crippen molar-refractivity contribution in [3.63, 3.8) is 0 Å². The van der Waals surface area contributed by atoms with E-state index >= 15 is 0 Å². The minimum atomic E-state index is -0.920. The second-order valence-electron chi connectivity index (χ2n) is 2.96. The third kappa shape index (κ3) is 2.61. The lowest BCUT2D eigenvalue weighted by Crippen LogP contribution is -2.12. The highest BCUT2D eigenvalue weighted by atomic mass is 79.9. The Hall–Kier alpha value is -1.06. The van der Waals surface area contributed by atoms with E-state index < -0.39 is 5.97 Å². The number of nitrogens with zero attached hydrogens (tertiary/aromatic N) is 3. The Morgan fingerprint density at radius 2 is 2.41 bits per heavy atom. The average Bonchev–Trinajstić information content (AvgIpc) is 2.82. The smallest absolute Gasteiger partial charge is 0.313 e. The molecule has 17 heavy (non-hydrogen) atoms. The summed E-state index contributed by atoms with van der Waals surface area (Å²) in [6.07, 6.45) is 0. The third-order valence-corrected chi connectivity index (χ3v) is 4.57. The first kappa shape index (κ1) is 12.4. The predicted octanol–water partition coefficient (Wildman–Crippen LogP) is 1.66. The van der Waals surface area contributed by atoms with Crippen LogP contribution in [0.1, 0.15) is 0 Å². The van der Waals surface area contributed by atoms with Crippen LogP contribution in [0.15, 0.2) is 21.1 Å². The van der Waals surface area contributed by atoms with E-state index in [-0.39, 0.29) is 5.75 Å². The number of nitrogen functional groups attached to an aromatic ring is 1. The van der Waals surface area contributed by atoms with Crippen LogP contribution in [0.5, 0.6) is 0 Å². The fraction of sp³-hybridized carbons (Fsp3) is 0.125.